The summed E-state index contributed by atoms with van der Waals surface area (Å²) >= 11 is 0. The maximum atomic E-state index is 13.4. The van der Waals surface area contributed by atoms with E-state index in [1.807, 2.05) is 13.0 Å². The summed E-state index contributed by atoms with van der Waals surface area (Å²) < 4.78 is 13.4. The fraction of sp³-hybridized carbons (Fsp3) is 0.625. The molecule has 0 aromatic heterocycles. The van der Waals surface area contributed by atoms with Gasteiger partial charge in [-0.15, -0.1) is 0 Å². The Kier molecular flexibility index (Phi) is 3.74. The molecule has 0 radical (unpaired) electrons. The number of rotatable bonds is 3. The van der Waals surface area contributed by atoms with Gasteiger partial charge in [0.25, 0.3) is 0 Å². The molecule has 1 aliphatic heterocycles. The number of anilines is 1. The number of hydrogen-bond donors (Lipinski definition) is 2. The zero-order valence-corrected chi connectivity index (χ0v) is 11.6. The van der Waals surface area contributed by atoms with E-state index in [-0.39, 0.29) is 5.82 Å². The Morgan fingerprint density at radius 1 is 1.21 bits per heavy atom. The minimum Gasteiger partial charge on any atom is -0.382 e. The Bertz CT molecular complexity index is 440. The number of halogens is 1. The first kappa shape index (κ1) is 12.9. The minimum atomic E-state index is -0.151. The van der Waals surface area contributed by atoms with Crippen molar-refractivity contribution in [2.45, 2.75) is 51.1 Å². The Morgan fingerprint density at radius 3 is 2.89 bits per heavy atom. The zero-order chi connectivity index (χ0) is 13.2. The molecule has 3 atom stereocenters. The molecule has 0 bridgehead atoms. The Hall–Kier alpha value is -1.09. The van der Waals surface area contributed by atoms with Crippen LogP contribution in [0.5, 0.6) is 0 Å². The first-order chi connectivity index (χ1) is 9.24. The van der Waals surface area contributed by atoms with E-state index in [0.29, 0.717) is 18.0 Å². The smallest absolute Gasteiger partial charge is 0.125 e. The van der Waals surface area contributed by atoms with Crippen LogP contribution in [0.25, 0.3) is 0 Å². The lowest BCUT2D eigenvalue weighted by Crippen LogP contribution is -2.38. The van der Waals surface area contributed by atoms with Crippen LogP contribution >= 0.6 is 0 Å². The maximum absolute atomic E-state index is 13.4. The standard InChI is InChI=1S/C16H23FN2/c1-11-7-8-12(17)10-16(11)19-15-5-2-4-13(15)14-6-3-9-18-14/h7-8,10,13-15,18-19H,2-6,9H2,1H3. The number of hydrogen-bond acceptors (Lipinski definition) is 2. The van der Waals surface area contributed by atoms with Crippen molar-refractivity contribution in [3.63, 3.8) is 0 Å². The van der Waals surface area contributed by atoms with Crippen molar-refractivity contribution in [2.24, 2.45) is 5.92 Å². The normalized spacial score (nSPS) is 30.7. The Morgan fingerprint density at radius 2 is 2.11 bits per heavy atom. The molecular formula is C16H23FN2. The summed E-state index contributed by atoms with van der Waals surface area (Å²) in [5, 5.41) is 7.22. The number of benzene rings is 1. The molecule has 1 saturated heterocycles. The van der Waals surface area contributed by atoms with Crippen molar-refractivity contribution >= 4 is 5.69 Å². The van der Waals surface area contributed by atoms with E-state index in [9.17, 15) is 4.39 Å². The van der Waals surface area contributed by atoms with E-state index in [0.717, 1.165) is 17.8 Å². The van der Waals surface area contributed by atoms with Gasteiger partial charge in [0.2, 0.25) is 0 Å². The van der Waals surface area contributed by atoms with E-state index in [1.54, 1.807) is 6.07 Å². The van der Waals surface area contributed by atoms with E-state index < -0.39 is 0 Å². The van der Waals surface area contributed by atoms with Crippen LogP contribution in [0, 0.1) is 18.7 Å². The van der Waals surface area contributed by atoms with Crippen LogP contribution in [0.2, 0.25) is 0 Å². The van der Waals surface area contributed by atoms with Gasteiger partial charge in [0.15, 0.2) is 0 Å². The summed E-state index contributed by atoms with van der Waals surface area (Å²) in [7, 11) is 0. The molecule has 1 saturated carbocycles. The van der Waals surface area contributed by atoms with Gasteiger partial charge in [-0.3, -0.25) is 0 Å². The first-order valence-corrected chi connectivity index (χ1v) is 7.50. The molecule has 0 amide bonds. The van der Waals surface area contributed by atoms with Crippen LogP contribution in [0.15, 0.2) is 18.2 Å². The molecule has 1 aromatic carbocycles. The Balaban J connectivity index is 1.72. The maximum Gasteiger partial charge on any atom is 0.125 e. The van der Waals surface area contributed by atoms with Crippen molar-refractivity contribution in [1.82, 2.24) is 5.32 Å². The molecule has 0 spiro atoms. The molecule has 2 fully saturated rings. The molecule has 3 unspecified atom stereocenters. The largest absolute Gasteiger partial charge is 0.382 e. The zero-order valence-electron chi connectivity index (χ0n) is 11.6. The van der Waals surface area contributed by atoms with Gasteiger partial charge in [-0.1, -0.05) is 12.5 Å². The van der Waals surface area contributed by atoms with Gasteiger partial charge < -0.3 is 10.6 Å². The van der Waals surface area contributed by atoms with Gasteiger partial charge in [0, 0.05) is 17.8 Å². The van der Waals surface area contributed by atoms with E-state index in [1.165, 1.54) is 38.2 Å². The van der Waals surface area contributed by atoms with Crippen molar-refractivity contribution in [2.75, 3.05) is 11.9 Å². The third kappa shape index (κ3) is 2.76. The molecule has 2 N–H and O–H groups in total. The number of aryl methyl sites for hydroxylation is 1. The average Bonchev–Trinajstić information content (AvgIpc) is 3.03. The molecule has 1 heterocycles. The molecule has 2 nitrogen and oxygen atoms in total. The van der Waals surface area contributed by atoms with E-state index in [4.69, 9.17) is 0 Å². The van der Waals surface area contributed by atoms with E-state index >= 15 is 0 Å². The predicted molar refractivity (Wildman–Crippen MR) is 76.9 cm³/mol. The summed E-state index contributed by atoms with van der Waals surface area (Å²) in [4.78, 5) is 0. The fourth-order valence-corrected chi connectivity index (χ4v) is 3.68. The first-order valence-electron chi connectivity index (χ1n) is 7.50. The quantitative estimate of drug-likeness (QED) is 0.871. The highest BCUT2D eigenvalue weighted by molar-refractivity contribution is 5.51. The summed E-state index contributed by atoms with van der Waals surface area (Å²) in [6.45, 7) is 3.20. The van der Waals surface area contributed by atoms with Crippen molar-refractivity contribution in [3.8, 4) is 0 Å². The molecule has 104 valence electrons. The summed E-state index contributed by atoms with van der Waals surface area (Å²) in [6, 6.07) is 6.18. The van der Waals surface area contributed by atoms with Crippen molar-refractivity contribution in [1.29, 1.82) is 0 Å². The van der Waals surface area contributed by atoms with Gasteiger partial charge in [0.05, 0.1) is 0 Å². The van der Waals surface area contributed by atoms with Crippen LogP contribution in [0.4, 0.5) is 10.1 Å². The third-order valence-electron chi connectivity index (χ3n) is 4.73. The average molecular weight is 262 g/mol. The minimum absolute atomic E-state index is 0.151. The van der Waals surface area contributed by atoms with Gasteiger partial charge >= 0.3 is 0 Å². The fourth-order valence-electron chi connectivity index (χ4n) is 3.68. The SMILES string of the molecule is Cc1ccc(F)cc1NC1CCCC1C1CCCN1. The van der Waals surface area contributed by atoms with Gasteiger partial charge in [-0.2, -0.15) is 0 Å². The second-order valence-corrected chi connectivity index (χ2v) is 6.01. The van der Waals surface area contributed by atoms with Gasteiger partial charge in [0.1, 0.15) is 5.82 Å². The second kappa shape index (κ2) is 5.49. The number of nitrogens with one attached hydrogen (secondary N) is 2. The molecule has 1 aromatic rings. The van der Waals surface area contributed by atoms with Gasteiger partial charge in [-0.05, 0) is 62.8 Å². The topological polar surface area (TPSA) is 24.1 Å². The summed E-state index contributed by atoms with van der Waals surface area (Å²) in [5.41, 5.74) is 2.10. The van der Waals surface area contributed by atoms with Crippen LogP contribution in [0.3, 0.4) is 0 Å². The highest BCUT2D eigenvalue weighted by Gasteiger charge is 2.35. The van der Waals surface area contributed by atoms with Crippen LogP contribution < -0.4 is 10.6 Å². The van der Waals surface area contributed by atoms with E-state index in [2.05, 4.69) is 10.6 Å². The molecule has 19 heavy (non-hydrogen) atoms. The van der Waals surface area contributed by atoms with Crippen LogP contribution in [0.1, 0.15) is 37.7 Å². The van der Waals surface area contributed by atoms with Gasteiger partial charge in [-0.25, -0.2) is 4.39 Å². The van der Waals surface area contributed by atoms with Crippen molar-refractivity contribution < 1.29 is 4.39 Å². The lowest BCUT2D eigenvalue weighted by atomic mass is 9.93. The second-order valence-electron chi connectivity index (χ2n) is 6.01. The summed E-state index contributed by atoms with van der Waals surface area (Å²) in [5.74, 6) is 0.548. The van der Waals surface area contributed by atoms with Crippen LogP contribution in [-0.2, 0) is 0 Å². The molecule has 1 aliphatic carbocycles. The lowest BCUT2D eigenvalue weighted by Gasteiger charge is -2.28. The highest BCUT2D eigenvalue weighted by atomic mass is 19.1. The highest BCUT2D eigenvalue weighted by Crippen LogP contribution is 2.34. The molecule has 3 rings (SSSR count). The van der Waals surface area contributed by atoms with Crippen molar-refractivity contribution in [3.05, 3.63) is 29.6 Å². The lowest BCUT2D eigenvalue weighted by molar-refractivity contribution is 0.376. The third-order valence-corrected chi connectivity index (χ3v) is 4.73. The molecule has 2 aliphatic rings. The van der Waals surface area contributed by atoms with Crippen LogP contribution in [-0.4, -0.2) is 18.6 Å². The Labute approximate surface area is 114 Å². The molecular weight excluding hydrogens is 239 g/mol. The molecule has 3 heteroatoms. The predicted octanol–water partition coefficient (Wildman–Crippen LogP) is 3.47. The monoisotopic (exact) mass is 262 g/mol. The summed E-state index contributed by atoms with van der Waals surface area (Å²) in [6.07, 6.45) is 6.38.